The van der Waals surface area contributed by atoms with E-state index in [-0.39, 0.29) is 5.56 Å². The summed E-state index contributed by atoms with van der Waals surface area (Å²) in [6.45, 7) is 6.93. The van der Waals surface area contributed by atoms with E-state index in [9.17, 15) is 4.79 Å². The second-order valence-electron chi connectivity index (χ2n) is 6.81. The van der Waals surface area contributed by atoms with Crippen LogP contribution in [0.5, 0.6) is 0 Å². The van der Waals surface area contributed by atoms with Gasteiger partial charge < -0.3 is 0 Å². The molecule has 138 valence electrons. The first kappa shape index (κ1) is 17.8. The smallest absolute Gasteiger partial charge is 0.262 e. The van der Waals surface area contributed by atoms with Gasteiger partial charge in [-0.15, -0.1) is 10.2 Å². The highest BCUT2D eigenvalue weighted by Gasteiger charge is 2.16. The van der Waals surface area contributed by atoms with E-state index in [0.29, 0.717) is 17.7 Å². The lowest BCUT2D eigenvalue weighted by Crippen LogP contribution is -2.23. The molecular formula is C21H22N4OS. The summed E-state index contributed by atoms with van der Waals surface area (Å²) in [6, 6.07) is 14.2. The predicted molar refractivity (Wildman–Crippen MR) is 111 cm³/mol. The third kappa shape index (κ3) is 3.14. The highest BCUT2D eigenvalue weighted by atomic mass is 32.2. The fraction of sp³-hybridized carbons (Fsp3) is 0.286. The maximum atomic E-state index is 12.9. The zero-order valence-electron chi connectivity index (χ0n) is 15.8. The first-order valence-electron chi connectivity index (χ1n) is 9.15. The molecule has 0 N–H and O–H groups in total. The lowest BCUT2D eigenvalue weighted by Gasteiger charge is -2.11. The summed E-state index contributed by atoms with van der Waals surface area (Å²) in [5.41, 5.74) is 4.68. The van der Waals surface area contributed by atoms with Crippen molar-refractivity contribution in [2.75, 3.05) is 0 Å². The summed E-state index contributed by atoms with van der Waals surface area (Å²) < 4.78 is 3.75. The van der Waals surface area contributed by atoms with Crippen LogP contribution in [0.25, 0.3) is 16.7 Å². The van der Waals surface area contributed by atoms with Crippen molar-refractivity contribution in [2.45, 2.75) is 44.6 Å². The van der Waals surface area contributed by atoms with E-state index in [2.05, 4.69) is 49.2 Å². The van der Waals surface area contributed by atoms with Gasteiger partial charge in [-0.2, -0.15) is 0 Å². The fourth-order valence-corrected chi connectivity index (χ4v) is 4.35. The molecule has 0 radical (unpaired) electrons. The van der Waals surface area contributed by atoms with Crippen molar-refractivity contribution in [2.24, 2.45) is 0 Å². The van der Waals surface area contributed by atoms with E-state index >= 15 is 0 Å². The maximum Gasteiger partial charge on any atom is 0.262 e. The van der Waals surface area contributed by atoms with Crippen LogP contribution in [0.3, 0.4) is 0 Å². The van der Waals surface area contributed by atoms with E-state index in [1.54, 1.807) is 16.3 Å². The van der Waals surface area contributed by atoms with Crippen molar-refractivity contribution in [3.8, 4) is 0 Å². The molecule has 2 aromatic carbocycles. The van der Waals surface area contributed by atoms with E-state index in [4.69, 9.17) is 0 Å². The van der Waals surface area contributed by atoms with E-state index in [1.165, 1.54) is 16.7 Å². The molecule has 0 unspecified atom stereocenters. The zero-order valence-corrected chi connectivity index (χ0v) is 16.6. The normalized spacial score (nSPS) is 11.5. The molecule has 4 aromatic rings. The number of para-hydroxylation sites is 1. The Kier molecular flexibility index (Phi) is 4.74. The highest BCUT2D eigenvalue weighted by Crippen LogP contribution is 2.26. The Labute approximate surface area is 162 Å². The molecule has 5 nitrogen and oxygen atoms in total. The van der Waals surface area contributed by atoms with Gasteiger partial charge in [0, 0.05) is 12.3 Å². The molecule has 2 heterocycles. The molecule has 0 aliphatic carbocycles. The van der Waals surface area contributed by atoms with Gasteiger partial charge in [0.15, 0.2) is 5.16 Å². The van der Waals surface area contributed by atoms with Crippen molar-refractivity contribution in [3.05, 3.63) is 69.5 Å². The van der Waals surface area contributed by atoms with Crippen LogP contribution in [0.15, 0.2) is 52.4 Å². The average molecular weight is 379 g/mol. The van der Waals surface area contributed by atoms with Crippen LogP contribution in [0.4, 0.5) is 0 Å². The quantitative estimate of drug-likeness (QED) is 0.484. The third-order valence-electron chi connectivity index (χ3n) is 4.79. The minimum atomic E-state index is -0.00145. The summed E-state index contributed by atoms with van der Waals surface area (Å²) in [5.74, 6) is 1.43. The molecule has 2 aromatic heterocycles. The molecule has 0 aliphatic heterocycles. The van der Waals surface area contributed by atoms with Crippen molar-refractivity contribution in [1.82, 2.24) is 19.2 Å². The van der Waals surface area contributed by atoms with Gasteiger partial charge in [-0.05, 0) is 43.5 Å². The first-order valence-corrected chi connectivity index (χ1v) is 10.1. The fourth-order valence-electron chi connectivity index (χ4n) is 3.35. The van der Waals surface area contributed by atoms with Crippen molar-refractivity contribution in [1.29, 1.82) is 0 Å². The number of benzene rings is 2. The molecule has 0 saturated carbocycles. The van der Waals surface area contributed by atoms with Crippen molar-refractivity contribution < 1.29 is 0 Å². The van der Waals surface area contributed by atoms with Crippen LogP contribution in [-0.4, -0.2) is 19.2 Å². The molecule has 27 heavy (non-hydrogen) atoms. The zero-order chi connectivity index (χ0) is 19.0. The predicted octanol–water partition coefficient (Wildman–Crippen LogP) is 4.36. The Balaban J connectivity index is 1.85. The van der Waals surface area contributed by atoms with Gasteiger partial charge in [0.25, 0.3) is 5.56 Å². The Bertz CT molecular complexity index is 1190. The molecule has 0 saturated heterocycles. The third-order valence-corrected chi connectivity index (χ3v) is 5.76. The van der Waals surface area contributed by atoms with Crippen molar-refractivity contribution >= 4 is 28.4 Å². The number of aromatic nitrogens is 4. The number of thioether (sulfide) groups is 1. The number of fused-ring (bicyclic) bond motifs is 3. The summed E-state index contributed by atoms with van der Waals surface area (Å²) in [4.78, 5) is 12.9. The Morgan fingerprint density at radius 1 is 1.07 bits per heavy atom. The standard InChI is InChI=1S/C21H22N4OS/c1-4-11-24-19(26)17-7-5-6-8-18(17)25-20(24)22-23-21(25)27-13-16-12-14(2)9-10-15(16)3/h5-10,12H,4,11,13H2,1-3H3. The average Bonchev–Trinajstić information content (AvgIpc) is 3.10. The number of aryl methyl sites for hydroxylation is 3. The number of hydrogen-bond donors (Lipinski definition) is 0. The molecule has 4 rings (SSSR count). The Hall–Kier alpha value is -2.60. The second-order valence-corrected chi connectivity index (χ2v) is 7.75. The minimum Gasteiger partial charge on any atom is -0.276 e. The lowest BCUT2D eigenvalue weighted by molar-refractivity contribution is 0.662. The summed E-state index contributed by atoms with van der Waals surface area (Å²) in [5, 5.41) is 10.3. The lowest BCUT2D eigenvalue weighted by atomic mass is 10.1. The van der Waals surface area contributed by atoms with E-state index < -0.39 is 0 Å². The molecule has 0 atom stereocenters. The van der Waals surface area contributed by atoms with Gasteiger partial charge in [-0.25, -0.2) is 0 Å². The SMILES string of the molecule is CCCn1c(=O)c2ccccc2n2c(SCc3cc(C)ccc3C)nnc12. The van der Waals surface area contributed by atoms with Gasteiger partial charge in [-0.1, -0.05) is 54.6 Å². The van der Waals surface area contributed by atoms with Crippen LogP contribution in [-0.2, 0) is 12.3 Å². The first-order chi connectivity index (χ1) is 13.1. The summed E-state index contributed by atoms with van der Waals surface area (Å²) in [7, 11) is 0. The molecule has 0 aliphatic rings. The van der Waals surface area contributed by atoms with Crippen LogP contribution < -0.4 is 5.56 Å². The van der Waals surface area contributed by atoms with Crippen LogP contribution in [0.1, 0.15) is 30.0 Å². The van der Waals surface area contributed by atoms with Crippen LogP contribution in [0.2, 0.25) is 0 Å². The van der Waals surface area contributed by atoms with E-state index in [0.717, 1.165) is 22.8 Å². The van der Waals surface area contributed by atoms with Gasteiger partial charge in [-0.3, -0.25) is 13.8 Å². The largest absolute Gasteiger partial charge is 0.276 e. The second kappa shape index (κ2) is 7.19. The molecule has 6 heteroatoms. The molecule has 0 amide bonds. The number of rotatable bonds is 5. The van der Waals surface area contributed by atoms with Gasteiger partial charge in [0.1, 0.15) is 0 Å². The Morgan fingerprint density at radius 2 is 1.89 bits per heavy atom. The number of nitrogens with zero attached hydrogens (tertiary/aromatic N) is 4. The van der Waals surface area contributed by atoms with E-state index in [1.807, 2.05) is 28.7 Å². The molecular weight excluding hydrogens is 356 g/mol. The van der Waals surface area contributed by atoms with Gasteiger partial charge in [0.2, 0.25) is 5.78 Å². The Morgan fingerprint density at radius 3 is 2.70 bits per heavy atom. The minimum absolute atomic E-state index is 0.00145. The molecule has 0 spiro atoms. The van der Waals surface area contributed by atoms with Gasteiger partial charge >= 0.3 is 0 Å². The maximum absolute atomic E-state index is 12.9. The summed E-state index contributed by atoms with van der Waals surface area (Å²) in [6.07, 6.45) is 0.867. The monoisotopic (exact) mass is 378 g/mol. The molecule has 0 fully saturated rings. The van der Waals surface area contributed by atoms with Crippen LogP contribution in [0, 0.1) is 13.8 Å². The topological polar surface area (TPSA) is 52.2 Å². The molecule has 0 bridgehead atoms. The highest BCUT2D eigenvalue weighted by molar-refractivity contribution is 7.98. The summed E-state index contributed by atoms with van der Waals surface area (Å²) >= 11 is 1.65. The van der Waals surface area contributed by atoms with Crippen molar-refractivity contribution in [3.63, 3.8) is 0 Å². The van der Waals surface area contributed by atoms with Crippen LogP contribution >= 0.6 is 11.8 Å². The van der Waals surface area contributed by atoms with Gasteiger partial charge in [0.05, 0.1) is 10.9 Å². The number of hydrogen-bond acceptors (Lipinski definition) is 4.